The summed E-state index contributed by atoms with van der Waals surface area (Å²) in [5.74, 6) is 0.242. The lowest BCUT2D eigenvalue weighted by Gasteiger charge is -2.31. The minimum Gasteiger partial charge on any atom is -0.395 e. The predicted octanol–water partition coefficient (Wildman–Crippen LogP) is 1.47. The quantitative estimate of drug-likeness (QED) is 0.762. The fourth-order valence-electron chi connectivity index (χ4n) is 2.69. The van der Waals surface area contributed by atoms with Crippen molar-refractivity contribution in [3.8, 4) is 0 Å². The van der Waals surface area contributed by atoms with Crippen molar-refractivity contribution >= 4 is 5.78 Å². The number of aliphatic hydroxyl groups is 1. The Labute approximate surface area is 90.8 Å². The number of allylic oxidation sites excluding steroid dienone is 2. The third-order valence-electron chi connectivity index (χ3n) is 3.43. The molecule has 0 aromatic heterocycles. The van der Waals surface area contributed by atoms with Crippen LogP contribution in [0.1, 0.15) is 38.5 Å². The second kappa shape index (κ2) is 4.79. The maximum Gasteiger partial charge on any atom is 0.157 e. The Hall–Kier alpha value is -0.830. The molecule has 0 aromatic rings. The maximum absolute atomic E-state index is 11.2. The smallest absolute Gasteiger partial charge is 0.157 e. The zero-order valence-electron chi connectivity index (χ0n) is 9.11. The molecule has 3 nitrogen and oxygen atoms in total. The Morgan fingerprint density at radius 3 is 2.60 bits per heavy atom. The summed E-state index contributed by atoms with van der Waals surface area (Å²) in [7, 11) is 0. The van der Waals surface area contributed by atoms with E-state index in [1.165, 1.54) is 25.7 Å². The van der Waals surface area contributed by atoms with Crippen LogP contribution in [0.2, 0.25) is 0 Å². The number of hydrogen-bond acceptors (Lipinski definition) is 3. The molecule has 2 rings (SSSR count). The monoisotopic (exact) mass is 209 g/mol. The summed E-state index contributed by atoms with van der Waals surface area (Å²) in [6, 6.07) is 0.564. The van der Waals surface area contributed by atoms with E-state index in [0.717, 1.165) is 12.1 Å². The molecular formula is C12H19NO2. The molecule has 1 fully saturated rings. The molecule has 0 saturated heterocycles. The number of ketones is 1. The van der Waals surface area contributed by atoms with Gasteiger partial charge >= 0.3 is 0 Å². The summed E-state index contributed by atoms with van der Waals surface area (Å²) >= 11 is 0. The van der Waals surface area contributed by atoms with Gasteiger partial charge in [-0.3, -0.25) is 4.79 Å². The Balaban J connectivity index is 2.04. The maximum atomic E-state index is 11.2. The van der Waals surface area contributed by atoms with Crippen LogP contribution >= 0.6 is 0 Å². The van der Waals surface area contributed by atoms with E-state index in [0.29, 0.717) is 19.0 Å². The summed E-state index contributed by atoms with van der Waals surface area (Å²) in [5.41, 5.74) is 1.15. The minimum absolute atomic E-state index is 0.183. The molecule has 0 unspecified atom stereocenters. The van der Waals surface area contributed by atoms with Gasteiger partial charge in [0.15, 0.2) is 5.78 Å². The predicted molar refractivity (Wildman–Crippen MR) is 58.4 cm³/mol. The van der Waals surface area contributed by atoms with Crippen LogP contribution in [0.4, 0.5) is 0 Å². The highest BCUT2D eigenvalue weighted by molar-refractivity contribution is 5.92. The fourth-order valence-corrected chi connectivity index (χ4v) is 2.69. The molecule has 1 N–H and O–H groups in total. The van der Waals surface area contributed by atoms with Crippen LogP contribution in [0, 0.1) is 0 Å². The lowest BCUT2D eigenvalue weighted by Crippen LogP contribution is -2.34. The van der Waals surface area contributed by atoms with Gasteiger partial charge in [0.2, 0.25) is 0 Å². The summed E-state index contributed by atoms with van der Waals surface area (Å²) in [4.78, 5) is 13.5. The third-order valence-corrected chi connectivity index (χ3v) is 3.43. The first-order valence-electron chi connectivity index (χ1n) is 5.92. The van der Waals surface area contributed by atoms with E-state index in [9.17, 15) is 4.79 Å². The number of aliphatic hydroxyl groups excluding tert-OH is 1. The molecule has 15 heavy (non-hydrogen) atoms. The number of rotatable bonds is 4. The first-order chi connectivity index (χ1) is 7.31. The van der Waals surface area contributed by atoms with Crippen molar-refractivity contribution in [1.29, 1.82) is 0 Å². The fraction of sp³-hybridized carbons (Fsp3) is 0.750. The highest BCUT2D eigenvalue weighted by Crippen LogP contribution is 2.29. The highest BCUT2D eigenvalue weighted by atomic mass is 16.3. The first-order valence-corrected chi connectivity index (χ1v) is 5.92. The van der Waals surface area contributed by atoms with E-state index in [4.69, 9.17) is 5.11 Å². The summed E-state index contributed by atoms with van der Waals surface area (Å²) in [6.45, 7) is 0.867. The normalized spacial score (nSPS) is 22.2. The molecule has 1 saturated carbocycles. The zero-order chi connectivity index (χ0) is 10.7. The molecule has 2 aliphatic carbocycles. The van der Waals surface area contributed by atoms with E-state index in [2.05, 4.69) is 4.90 Å². The SMILES string of the molecule is O=C1C=C(N(CCO)C2CCCC2)CC1. The molecule has 0 bridgehead atoms. The van der Waals surface area contributed by atoms with Gasteiger partial charge in [-0.2, -0.15) is 0 Å². The van der Waals surface area contributed by atoms with Crippen LogP contribution in [-0.4, -0.2) is 35.0 Å². The molecule has 0 aromatic carbocycles. The molecule has 84 valence electrons. The van der Waals surface area contributed by atoms with Crippen molar-refractivity contribution < 1.29 is 9.90 Å². The molecule has 0 radical (unpaired) electrons. The van der Waals surface area contributed by atoms with E-state index >= 15 is 0 Å². The summed E-state index contributed by atoms with van der Waals surface area (Å²) < 4.78 is 0. The largest absolute Gasteiger partial charge is 0.395 e. The van der Waals surface area contributed by atoms with E-state index < -0.39 is 0 Å². The van der Waals surface area contributed by atoms with Crippen LogP contribution in [-0.2, 0) is 4.79 Å². The number of hydrogen-bond donors (Lipinski definition) is 1. The topological polar surface area (TPSA) is 40.5 Å². The Kier molecular flexibility index (Phi) is 3.41. The molecular weight excluding hydrogens is 190 g/mol. The lowest BCUT2D eigenvalue weighted by molar-refractivity contribution is -0.114. The standard InChI is InChI=1S/C12H19NO2/c14-8-7-13(10-3-1-2-4-10)11-5-6-12(15)9-11/h9-10,14H,1-8H2. The van der Waals surface area contributed by atoms with Crippen LogP contribution in [0.5, 0.6) is 0 Å². The summed E-state index contributed by atoms with van der Waals surface area (Å²) in [5, 5.41) is 9.07. The number of nitrogens with zero attached hydrogens (tertiary/aromatic N) is 1. The average Bonchev–Trinajstić information content (AvgIpc) is 2.85. The molecule has 0 aliphatic heterocycles. The van der Waals surface area contributed by atoms with Crippen molar-refractivity contribution in [2.45, 2.75) is 44.6 Å². The van der Waals surface area contributed by atoms with Gasteiger partial charge in [0.1, 0.15) is 0 Å². The minimum atomic E-state index is 0.183. The molecule has 0 amide bonds. The molecule has 0 atom stereocenters. The van der Waals surface area contributed by atoms with Gasteiger partial charge in [-0.15, -0.1) is 0 Å². The second-order valence-corrected chi connectivity index (χ2v) is 4.46. The molecule has 2 aliphatic rings. The van der Waals surface area contributed by atoms with Crippen molar-refractivity contribution in [3.63, 3.8) is 0 Å². The van der Waals surface area contributed by atoms with Crippen molar-refractivity contribution in [2.24, 2.45) is 0 Å². The molecule has 0 heterocycles. The van der Waals surface area contributed by atoms with Gasteiger partial charge in [-0.25, -0.2) is 0 Å². The Morgan fingerprint density at radius 2 is 2.07 bits per heavy atom. The third kappa shape index (κ3) is 2.40. The van der Waals surface area contributed by atoms with Gasteiger partial charge in [0.25, 0.3) is 0 Å². The zero-order valence-corrected chi connectivity index (χ0v) is 9.11. The van der Waals surface area contributed by atoms with E-state index in [1.807, 2.05) is 0 Å². The van der Waals surface area contributed by atoms with Crippen molar-refractivity contribution in [1.82, 2.24) is 4.90 Å². The van der Waals surface area contributed by atoms with E-state index in [-0.39, 0.29) is 12.4 Å². The van der Waals surface area contributed by atoms with Crippen LogP contribution in [0.3, 0.4) is 0 Å². The Bertz CT molecular complexity index is 267. The van der Waals surface area contributed by atoms with Gasteiger partial charge < -0.3 is 10.0 Å². The average molecular weight is 209 g/mol. The van der Waals surface area contributed by atoms with Crippen molar-refractivity contribution in [3.05, 3.63) is 11.8 Å². The second-order valence-electron chi connectivity index (χ2n) is 4.46. The van der Waals surface area contributed by atoms with Gasteiger partial charge in [-0.05, 0) is 19.3 Å². The van der Waals surface area contributed by atoms with E-state index in [1.54, 1.807) is 6.08 Å². The van der Waals surface area contributed by atoms with Gasteiger partial charge in [0, 0.05) is 30.8 Å². The molecule has 3 heteroatoms. The summed E-state index contributed by atoms with van der Waals surface area (Å²) in [6.07, 6.45) is 8.30. The van der Waals surface area contributed by atoms with Gasteiger partial charge in [-0.1, -0.05) is 12.8 Å². The van der Waals surface area contributed by atoms with Crippen LogP contribution < -0.4 is 0 Å². The highest BCUT2D eigenvalue weighted by Gasteiger charge is 2.26. The Morgan fingerprint density at radius 1 is 1.33 bits per heavy atom. The lowest BCUT2D eigenvalue weighted by atomic mass is 10.2. The number of carbonyl (C=O) groups excluding carboxylic acids is 1. The van der Waals surface area contributed by atoms with Crippen LogP contribution in [0.25, 0.3) is 0 Å². The van der Waals surface area contributed by atoms with Gasteiger partial charge in [0.05, 0.1) is 6.61 Å². The first kappa shape index (κ1) is 10.7. The van der Waals surface area contributed by atoms with Crippen LogP contribution in [0.15, 0.2) is 11.8 Å². The molecule has 0 spiro atoms. The number of carbonyl (C=O) groups is 1. The van der Waals surface area contributed by atoms with Crippen molar-refractivity contribution in [2.75, 3.05) is 13.2 Å².